The van der Waals surface area contributed by atoms with Gasteiger partial charge in [0.2, 0.25) is 15.9 Å². The van der Waals surface area contributed by atoms with Gasteiger partial charge >= 0.3 is 0 Å². The second kappa shape index (κ2) is 8.05. The van der Waals surface area contributed by atoms with Gasteiger partial charge in [-0.1, -0.05) is 12.1 Å². The highest BCUT2D eigenvalue weighted by atomic mass is 32.2. The van der Waals surface area contributed by atoms with Gasteiger partial charge in [-0.2, -0.15) is 0 Å². The second-order valence-electron chi connectivity index (χ2n) is 5.06. The van der Waals surface area contributed by atoms with Crippen LogP contribution in [0.4, 0.5) is 4.39 Å². The molecule has 0 aromatic heterocycles. The van der Waals surface area contributed by atoms with Crippen LogP contribution in [-0.2, 0) is 14.8 Å². The fourth-order valence-electron chi connectivity index (χ4n) is 1.72. The van der Waals surface area contributed by atoms with Crippen molar-refractivity contribution in [1.82, 2.24) is 9.62 Å². The van der Waals surface area contributed by atoms with E-state index in [9.17, 15) is 17.6 Å². The highest BCUT2D eigenvalue weighted by molar-refractivity contribution is 7.88. The topological polar surface area (TPSA) is 66.5 Å². The van der Waals surface area contributed by atoms with Crippen LogP contribution in [0.2, 0.25) is 0 Å². The minimum atomic E-state index is -3.18. The molecule has 22 heavy (non-hydrogen) atoms. The Bertz CT molecular complexity index is 639. The van der Waals surface area contributed by atoms with Crippen LogP contribution in [0.1, 0.15) is 18.9 Å². The lowest BCUT2D eigenvalue weighted by Crippen LogP contribution is -2.30. The summed E-state index contributed by atoms with van der Waals surface area (Å²) in [7, 11) is -1.69. The van der Waals surface area contributed by atoms with E-state index in [0.717, 1.165) is 17.4 Å². The van der Waals surface area contributed by atoms with Gasteiger partial charge in [-0.25, -0.2) is 17.1 Å². The number of hydrogen-bond donors (Lipinski definition) is 1. The number of allylic oxidation sites excluding steroid dienone is 1. The molecule has 1 amide bonds. The number of amides is 1. The number of hydrogen-bond acceptors (Lipinski definition) is 3. The van der Waals surface area contributed by atoms with Crippen molar-refractivity contribution in [2.45, 2.75) is 13.3 Å². The van der Waals surface area contributed by atoms with E-state index in [0.29, 0.717) is 19.5 Å². The predicted octanol–water partition coefficient (Wildman–Crippen LogP) is 1.63. The molecule has 0 unspecified atom stereocenters. The van der Waals surface area contributed by atoms with Crippen LogP contribution >= 0.6 is 0 Å². The Morgan fingerprint density at radius 1 is 1.32 bits per heavy atom. The molecule has 7 heteroatoms. The molecule has 1 aromatic carbocycles. The summed E-state index contributed by atoms with van der Waals surface area (Å²) in [5.41, 5.74) is 1.50. The van der Waals surface area contributed by atoms with E-state index >= 15 is 0 Å². The Hall–Kier alpha value is -1.73. The maximum atomic E-state index is 12.8. The van der Waals surface area contributed by atoms with Crippen molar-refractivity contribution in [1.29, 1.82) is 0 Å². The van der Waals surface area contributed by atoms with E-state index < -0.39 is 10.0 Å². The van der Waals surface area contributed by atoms with Crippen LogP contribution in [0.5, 0.6) is 0 Å². The van der Waals surface area contributed by atoms with Crippen molar-refractivity contribution in [3.8, 4) is 0 Å². The molecule has 0 saturated heterocycles. The van der Waals surface area contributed by atoms with E-state index in [1.165, 1.54) is 29.6 Å². The van der Waals surface area contributed by atoms with E-state index in [4.69, 9.17) is 0 Å². The van der Waals surface area contributed by atoms with Crippen LogP contribution in [0.15, 0.2) is 30.3 Å². The molecule has 5 nitrogen and oxygen atoms in total. The Labute approximate surface area is 130 Å². The molecule has 0 saturated carbocycles. The first-order valence-electron chi connectivity index (χ1n) is 6.83. The van der Waals surface area contributed by atoms with E-state index in [1.54, 1.807) is 19.1 Å². The molecular formula is C15H21FN2O3S. The van der Waals surface area contributed by atoms with E-state index in [2.05, 4.69) is 5.32 Å². The van der Waals surface area contributed by atoms with Crippen LogP contribution in [0, 0.1) is 5.82 Å². The quantitative estimate of drug-likeness (QED) is 0.611. The summed E-state index contributed by atoms with van der Waals surface area (Å²) < 4.78 is 36.4. The maximum Gasteiger partial charge on any atom is 0.244 e. The Morgan fingerprint density at radius 3 is 2.45 bits per heavy atom. The van der Waals surface area contributed by atoms with Gasteiger partial charge in [0.1, 0.15) is 5.82 Å². The summed E-state index contributed by atoms with van der Waals surface area (Å²) in [6.45, 7) is 2.50. The first-order valence-corrected chi connectivity index (χ1v) is 8.68. The minimum absolute atomic E-state index is 0.260. The zero-order valence-electron chi connectivity index (χ0n) is 13.0. The number of carbonyl (C=O) groups excluding carboxylic acids is 1. The zero-order chi connectivity index (χ0) is 16.8. The first kappa shape index (κ1) is 18.3. The summed E-state index contributed by atoms with van der Waals surface area (Å²) in [5.74, 6) is -0.583. The molecule has 1 N–H and O–H groups in total. The van der Waals surface area contributed by atoms with Gasteiger partial charge < -0.3 is 5.32 Å². The molecule has 0 atom stereocenters. The molecule has 1 rings (SSSR count). The third-order valence-corrected chi connectivity index (χ3v) is 4.48. The highest BCUT2D eigenvalue weighted by Crippen LogP contribution is 2.13. The molecule has 0 fully saturated rings. The highest BCUT2D eigenvalue weighted by Gasteiger charge is 2.09. The monoisotopic (exact) mass is 328 g/mol. The molecule has 0 radical (unpaired) electrons. The lowest BCUT2D eigenvalue weighted by atomic mass is 10.1. The average Bonchev–Trinajstić information content (AvgIpc) is 2.42. The molecule has 1 aromatic rings. The molecule has 0 aliphatic carbocycles. The number of nitrogens with zero attached hydrogens (tertiary/aromatic N) is 1. The van der Waals surface area contributed by atoms with Crippen LogP contribution < -0.4 is 5.32 Å². The number of sulfonamides is 1. The standard InChI is InChI=1S/C15H21FN2O3S/c1-12(13-5-7-14(16)8-6-13)11-15(19)17-9-4-10-18(2)22(3,20)21/h5-8,11H,4,9-10H2,1-3H3,(H,17,19)/b12-11-. The predicted molar refractivity (Wildman–Crippen MR) is 85.2 cm³/mol. The van der Waals surface area contributed by atoms with Crippen molar-refractivity contribution in [2.75, 3.05) is 26.4 Å². The third-order valence-electron chi connectivity index (χ3n) is 3.16. The average molecular weight is 328 g/mol. The largest absolute Gasteiger partial charge is 0.352 e. The fraction of sp³-hybridized carbons (Fsp3) is 0.400. The zero-order valence-corrected chi connectivity index (χ0v) is 13.8. The lowest BCUT2D eigenvalue weighted by Gasteiger charge is -2.13. The van der Waals surface area contributed by atoms with Crippen LogP contribution in [0.25, 0.3) is 5.57 Å². The van der Waals surface area contributed by atoms with E-state index in [1.807, 2.05) is 0 Å². The van der Waals surface area contributed by atoms with Gasteiger partial charge in [-0.05, 0) is 36.6 Å². The summed E-state index contributed by atoms with van der Waals surface area (Å²) in [4.78, 5) is 11.7. The number of nitrogens with one attached hydrogen (secondary N) is 1. The van der Waals surface area contributed by atoms with Crippen molar-refractivity contribution in [2.24, 2.45) is 0 Å². The molecule has 0 bridgehead atoms. The Morgan fingerprint density at radius 2 is 1.91 bits per heavy atom. The SMILES string of the molecule is C/C(=C/C(=O)NCCCN(C)S(C)(=O)=O)c1ccc(F)cc1. The molecule has 0 spiro atoms. The number of rotatable bonds is 7. The lowest BCUT2D eigenvalue weighted by molar-refractivity contribution is -0.116. The van der Waals surface area contributed by atoms with Crippen molar-refractivity contribution in [3.63, 3.8) is 0 Å². The maximum absolute atomic E-state index is 12.8. The van der Waals surface area contributed by atoms with Crippen molar-refractivity contribution in [3.05, 3.63) is 41.7 Å². The van der Waals surface area contributed by atoms with Gasteiger partial charge in [0, 0.05) is 26.2 Å². The van der Waals surface area contributed by atoms with Gasteiger partial charge in [0.15, 0.2) is 0 Å². The first-order chi connectivity index (χ1) is 10.2. The van der Waals surface area contributed by atoms with E-state index in [-0.39, 0.29) is 11.7 Å². The number of halogens is 1. The number of carbonyl (C=O) groups is 1. The molecular weight excluding hydrogens is 307 g/mol. The van der Waals surface area contributed by atoms with Crippen molar-refractivity contribution >= 4 is 21.5 Å². The molecule has 0 aliphatic heterocycles. The van der Waals surface area contributed by atoms with Gasteiger partial charge in [-0.3, -0.25) is 4.79 Å². The van der Waals surface area contributed by atoms with Crippen LogP contribution in [0.3, 0.4) is 0 Å². The minimum Gasteiger partial charge on any atom is -0.352 e. The second-order valence-corrected chi connectivity index (χ2v) is 7.15. The Kier molecular flexibility index (Phi) is 6.70. The van der Waals surface area contributed by atoms with Gasteiger partial charge in [-0.15, -0.1) is 0 Å². The smallest absolute Gasteiger partial charge is 0.244 e. The Balaban J connectivity index is 2.43. The molecule has 0 heterocycles. The van der Waals surface area contributed by atoms with Crippen LogP contribution in [-0.4, -0.2) is 45.0 Å². The van der Waals surface area contributed by atoms with Gasteiger partial charge in [0.05, 0.1) is 6.26 Å². The summed E-state index contributed by atoms with van der Waals surface area (Å²) >= 11 is 0. The normalized spacial score (nSPS) is 12.5. The number of benzene rings is 1. The summed E-state index contributed by atoms with van der Waals surface area (Å²) in [5, 5.41) is 2.69. The molecule has 0 aliphatic rings. The van der Waals surface area contributed by atoms with Crippen molar-refractivity contribution < 1.29 is 17.6 Å². The summed E-state index contributed by atoms with van der Waals surface area (Å²) in [6, 6.07) is 5.89. The fourth-order valence-corrected chi connectivity index (χ4v) is 2.18. The third kappa shape index (κ3) is 6.36. The molecule has 122 valence electrons. The van der Waals surface area contributed by atoms with Gasteiger partial charge in [0.25, 0.3) is 0 Å². The summed E-state index contributed by atoms with van der Waals surface area (Å²) in [6.07, 6.45) is 3.10.